The van der Waals surface area contributed by atoms with Crippen molar-refractivity contribution in [1.29, 1.82) is 0 Å². The molecule has 0 radical (unpaired) electrons. The predicted molar refractivity (Wildman–Crippen MR) is 458 cm³/mol. The summed E-state index contributed by atoms with van der Waals surface area (Å²) in [6, 6.07) is 130. The fourth-order valence-corrected chi connectivity index (χ4v) is 21.3. The van der Waals surface area contributed by atoms with Gasteiger partial charge < -0.3 is 18.4 Å². The van der Waals surface area contributed by atoms with E-state index < -0.39 is 32.6 Å². The maximum atomic E-state index is 15.1. The second-order valence-electron chi connectivity index (χ2n) is 28.4. The standard InChI is InChI=1S/C46H31OP.C30H27BO2.C22H16BrOP/c47-48(38-15-3-1-4-16-38,39-17-5-2-6-18-39)40-28-27-34-30-37(26-24-35(34)31-40)46-43-21-11-9-19-41(43)45(42-20-10-12-22-44(42)46)36-25-23-32-13-7-8-14-33(32)29-36;1-29(2)30(3,4)33-31(32-29)28-25-15-9-7-13-23(25)27(24-14-8-10-16-26(24)28)22-18-17-20-11-5-6-12-21(20)19-22;23-19-13-11-18-16-22(14-12-17(18)15-19)25(24,20-7-3-1-4-8-20)21-9-5-2-6-10-21/h1-31H;5-19H,1-4H3;1-16H. The Hall–Kier alpha value is -11.0. The summed E-state index contributed by atoms with van der Waals surface area (Å²) in [5.41, 5.74) is 7.70. The van der Waals surface area contributed by atoms with Gasteiger partial charge in [0.15, 0.2) is 14.3 Å². The molecule has 1 aliphatic rings. The molecule has 19 rings (SSSR count). The molecule has 106 heavy (non-hydrogen) atoms. The van der Waals surface area contributed by atoms with Crippen molar-refractivity contribution < 1.29 is 18.4 Å². The molecule has 0 saturated carbocycles. The minimum Gasteiger partial charge on any atom is -0.399 e. The number of rotatable bonds is 10. The molecule has 1 saturated heterocycles. The molecule has 0 amide bonds. The van der Waals surface area contributed by atoms with Gasteiger partial charge in [0.1, 0.15) is 0 Å². The third kappa shape index (κ3) is 12.4. The van der Waals surface area contributed by atoms with E-state index in [2.05, 4.69) is 280 Å². The van der Waals surface area contributed by atoms with Crippen LogP contribution in [0.15, 0.2) is 381 Å². The van der Waals surface area contributed by atoms with Crippen LogP contribution in [0.2, 0.25) is 0 Å². The molecule has 1 aliphatic heterocycles. The third-order valence-electron chi connectivity index (χ3n) is 21.6. The fraction of sp³-hybridized carbons (Fsp3) is 0.0612. The molecular formula is C98H74BBrO4P2. The van der Waals surface area contributed by atoms with Crippen LogP contribution in [0.4, 0.5) is 0 Å². The molecule has 0 N–H and O–H groups in total. The third-order valence-corrected chi connectivity index (χ3v) is 28.2. The van der Waals surface area contributed by atoms with Crippen LogP contribution in [0.5, 0.6) is 0 Å². The summed E-state index contributed by atoms with van der Waals surface area (Å²) in [4.78, 5) is 0. The highest BCUT2D eigenvalue weighted by molar-refractivity contribution is 9.10. The number of benzene rings is 18. The lowest BCUT2D eigenvalue weighted by Crippen LogP contribution is -2.41. The van der Waals surface area contributed by atoms with Crippen LogP contribution in [-0.2, 0) is 18.4 Å². The van der Waals surface area contributed by atoms with Gasteiger partial charge in [0.05, 0.1) is 11.2 Å². The van der Waals surface area contributed by atoms with Gasteiger partial charge in [-0.1, -0.05) is 350 Å². The highest BCUT2D eigenvalue weighted by Gasteiger charge is 2.52. The Morgan fingerprint density at radius 2 is 0.491 bits per heavy atom. The predicted octanol–water partition coefficient (Wildman–Crippen LogP) is 23.6. The van der Waals surface area contributed by atoms with Crippen LogP contribution in [0, 0.1) is 0 Å². The molecule has 1 fully saturated rings. The molecule has 510 valence electrons. The van der Waals surface area contributed by atoms with Crippen molar-refractivity contribution in [2.75, 3.05) is 0 Å². The molecular weight excluding hydrogens is 1390 g/mol. The summed E-state index contributed by atoms with van der Waals surface area (Å²) in [6.07, 6.45) is 0. The first-order valence-corrected chi connectivity index (χ1v) is 40.3. The van der Waals surface area contributed by atoms with Crippen LogP contribution >= 0.6 is 30.2 Å². The number of hydrogen-bond donors (Lipinski definition) is 0. The molecule has 18 aromatic carbocycles. The average molecular weight is 1470 g/mol. The van der Waals surface area contributed by atoms with E-state index in [-0.39, 0.29) is 0 Å². The maximum Gasteiger partial charge on any atom is 0.496 e. The summed E-state index contributed by atoms with van der Waals surface area (Å²) in [5.74, 6) is 0. The van der Waals surface area contributed by atoms with E-state index >= 15 is 4.57 Å². The van der Waals surface area contributed by atoms with Crippen LogP contribution in [0.25, 0.3) is 120 Å². The summed E-state index contributed by atoms with van der Waals surface area (Å²) in [5, 5.41) is 24.2. The minimum atomic E-state index is -3.07. The van der Waals surface area contributed by atoms with E-state index in [0.29, 0.717) is 0 Å². The Morgan fingerprint density at radius 1 is 0.245 bits per heavy atom. The summed E-state index contributed by atoms with van der Waals surface area (Å²) in [7, 11) is -6.39. The van der Waals surface area contributed by atoms with Gasteiger partial charge in [-0.2, -0.15) is 0 Å². The molecule has 4 nitrogen and oxygen atoms in total. The Kier molecular flexibility index (Phi) is 18.1. The Labute approximate surface area is 627 Å². The van der Waals surface area contributed by atoms with Gasteiger partial charge in [-0.25, -0.2) is 0 Å². The highest BCUT2D eigenvalue weighted by Crippen LogP contribution is 2.48. The van der Waals surface area contributed by atoms with Crippen molar-refractivity contribution in [3.8, 4) is 33.4 Å². The molecule has 8 heteroatoms. The van der Waals surface area contributed by atoms with Crippen molar-refractivity contribution in [2.45, 2.75) is 38.9 Å². The van der Waals surface area contributed by atoms with E-state index in [1.165, 1.54) is 98.0 Å². The lowest BCUT2D eigenvalue weighted by Gasteiger charge is -2.32. The molecule has 0 unspecified atom stereocenters. The Morgan fingerprint density at radius 3 is 0.840 bits per heavy atom. The van der Waals surface area contributed by atoms with E-state index in [4.69, 9.17) is 9.31 Å². The molecule has 1 heterocycles. The lowest BCUT2D eigenvalue weighted by molar-refractivity contribution is 0.00578. The van der Waals surface area contributed by atoms with Gasteiger partial charge in [0.2, 0.25) is 0 Å². The van der Waals surface area contributed by atoms with E-state index in [9.17, 15) is 4.57 Å². The van der Waals surface area contributed by atoms with Gasteiger partial charge in [-0.15, -0.1) is 0 Å². The minimum absolute atomic E-state index is 0.392. The van der Waals surface area contributed by atoms with Crippen molar-refractivity contribution >= 4 is 161 Å². The van der Waals surface area contributed by atoms with E-state index in [0.717, 1.165) is 63.3 Å². The van der Waals surface area contributed by atoms with Crippen molar-refractivity contribution in [2.24, 2.45) is 0 Å². The quantitative estimate of drug-likeness (QED) is 0.0778. The first-order chi connectivity index (χ1) is 51.7. The van der Waals surface area contributed by atoms with Crippen molar-refractivity contribution in [3.63, 3.8) is 0 Å². The zero-order valence-electron chi connectivity index (χ0n) is 59.3. The SMILES string of the molecule is CC1(C)OB(c2c3ccccc3c(-c3ccc4ccccc4c3)c3ccccc23)OC1(C)C.O=P(c1ccccc1)(c1ccccc1)c1ccc2cc(-c3c4ccccc4c(-c4ccc5ccccc5c4)c4ccccc34)ccc2c1.O=P(c1ccccc1)(c1ccccc1)c1ccc2cc(Br)ccc2c1. The molecule has 0 atom stereocenters. The largest absolute Gasteiger partial charge is 0.496 e. The van der Waals surface area contributed by atoms with Gasteiger partial charge in [-0.3, -0.25) is 0 Å². The van der Waals surface area contributed by atoms with Crippen LogP contribution < -0.4 is 37.3 Å². The monoisotopic (exact) mass is 1470 g/mol. The van der Waals surface area contributed by atoms with Crippen LogP contribution in [0.1, 0.15) is 27.7 Å². The molecule has 18 aromatic rings. The van der Waals surface area contributed by atoms with Gasteiger partial charge in [0.25, 0.3) is 0 Å². The van der Waals surface area contributed by atoms with Crippen LogP contribution in [0.3, 0.4) is 0 Å². The van der Waals surface area contributed by atoms with Gasteiger partial charge in [0, 0.05) is 36.3 Å². The summed E-state index contributed by atoms with van der Waals surface area (Å²) < 4.78 is 43.5. The lowest BCUT2D eigenvalue weighted by atomic mass is 9.71. The summed E-state index contributed by atoms with van der Waals surface area (Å²) in [6.45, 7) is 8.45. The Balaban J connectivity index is 0.000000124. The smallest absolute Gasteiger partial charge is 0.399 e. The zero-order chi connectivity index (χ0) is 72.2. The first kappa shape index (κ1) is 68.1. The number of fused-ring (bicyclic) bond motifs is 8. The van der Waals surface area contributed by atoms with E-state index in [1.807, 2.05) is 140 Å². The molecule has 0 bridgehead atoms. The second kappa shape index (κ2) is 28.1. The maximum absolute atomic E-state index is 15.1. The average Bonchev–Trinajstić information content (AvgIpc) is 0.913. The van der Waals surface area contributed by atoms with Crippen molar-refractivity contribution in [3.05, 3.63) is 381 Å². The van der Waals surface area contributed by atoms with Crippen molar-refractivity contribution in [1.82, 2.24) is 0 Å². The molecule has 0 aliphatic carbocycles. The normalized spacial score (nSPS) is 13.5. The molecule has 0 spiro atoms. The van der Waals surface area contributed by atoms with E-state index in [1.54, 1.807) is 0 Å². The first-order valence-electron chi connectivity index (χ1n) is 36.1. The fourth-order valence-electron chi connectivity index (χ4n) is 15.6. The second-order valence-corrected chi connectivity index (χ2v) is 34.9. The Bertz CT molecular complexity index is 6290. The topological polar surface area (TPSA) is 52.6 Å². The highest BCUT2D eigenvalue weighted by atomic mass is 79.9. The van der Waals surface area contributed by atoms with Gasteiger partial charge >= 0.3 is 7.12 Å². The van der Waals surface area contributed by atoms with Gasteiger partial charge in [-0.05, 0) is 195 Å². The zero-order valence-corrected chi connectivity index (χ0v) is 62.7. The number of halogens is 1. The molecule has 0 aromatic heterocycles. The number of hydrogen-bond acceptors (Lipinski definition) is 4. The van der Waals surface area contributed by atoms with Crippen LogP contribution in [-0.4, -0.2) is 18.3 Å². The summed E-state index contributed by atoms with van der Waals surface area (Å²) >= 11 is 3.51.